The van der Waals surface area contributed by atoms with Crippen LogP contribution in [0.3, 0.4) is 0 Å². The van der Waals surface area contributed by atoms with Crippen LogP contribution >= 0.6 is 0 Å². The number of ether oxygens (including phenoxy) is 1. The first-order valence-electron chi connectivity index (χ1n) is 11.8. The molecule has 3 rings (SSSR count). The Hall–Kier alpha value is -1.90. The summed E-state index contributed by atoms with van der Waals surface area (Å²) >= 11 is 0. The molecule has 0 heterocycles. The Morgan fingerprint density at radius 1 is 0.800 bits per heavy atom. The second-order valence-corrected chi connectivity index (χ2v) is 8.78. The molecule has 0 radical (unpaired) electrons. The Balaban J connectivity index is 1.59. The van der Waals surface area contributed by atoms with Crippen LogP contribution in [-0.4, -0.2) is 6.61 Å². The van der Waals surface area contributed by atoms with Gasteiger partial charge in [-0.1, -0.05) is 70.2 Å². The quantitative estimate of drug-likeness (QED) is 0.353. The van der Waals surface area contributed by atoms with Crippen molar-refractivity contribution in [1.82, 2.24) is 0 Å². The predicted octanol–water partition coefficient (Wildman–Crippen LogP) is 8.66. The van der Waals surface area contributed by atoms with Crippen molar-refractivity contribution < 1.29 is 13.5 Å². The molecule has 0 aliphatic heterocycles. The third kappa shape index (κ3) is 5.83. The van der Waals surface area contributed by atoms with Crippen LogP contribution in [0.5, 0.6) is 5.75 Å². The van der Waals surface area contributed by atoms with Crippen LogP contribution in [0, 0.1) is 17.6 Å². The minimum atomic E-state index is -0.901. The second-order valence-electron chi connectivity index (χ2n) is 8.78. The molecular weight excluding hydrogens is 378 g/mol. The van der Waals surface area contributed by atoms with Crippen molar-refractivity contribution in [3.8, 4) is 16.9 Å². The zero-order chi connectivity index (χ0) is 21.3. The maximum Gasteiger partial charge on any atom is 0.201 e. The number of halogens is 2. The van der Waals surface area contributed by atoms with Crippen LogP contribution in [0.15, 0.2) is 36.4 Å². The summed E-state index contributed by atoms with van der Waals surface area (Å²) in [4.78, 5) is 0. The van der Waals surface area contributed by atoms with Crippen molar-refractivity contribution >= 4 is 0 Å². The lowest BCUT2D eigenvalue weighted by Crippen LogP contribution is -2.13. The molecule has 3 heteroatoms. The Morgan fingerprint density at radius 2 is 1.53 bits per heavy atom. The Morgan fingerprint density at radius 3 is 2.20 bits per heavy atom. The standard InChI is InChI=1S/C27H36F2O/c1-3-5-6-7-8-20-9-11-21(12-10-20)22-13-15-23(16-14-22)24-17-18-25(30-19-4-2)27(29)26(24)28/h13-18,20-21H,3-12,19H2,1-2H3. The first-order chi connectivity index (χ1) is 14.6. The molecule has 0 amide bonds. The third-order valence-electron chi connectivity index (χ3n) is 6.51. The third-order valence-corrected chi connectivity index (χ3v) is 6.51. The molecule has 164 valence electrons. The summed E-state index contributed by atoms with van der Waals surface area (Å²) in [7, 11) is 0. The fraction of sp³-hybridized carbons (Fsp3) is 0.556. The molecule has 0 atom stereocenters. The van der Waals surface area contributed by atoms with Crippen LogP contribution in [0.2, 0.25) is 0 Å². The fourth-order valence-electron chi connectivity index (χ4n) is 4.66. The van der Waals surface area contributed by atoms with E-state index in [9.17, 15) is 8.78 Å². The van der Waals surface area contributed by atoms with Gasteiger partial charge in [-0.25, -0.2) is 4.39 Å². The molecule has 2 aromatic rings. The van der Waals surface area contributed by atoms with E-state index in [1.54, 1.807) is 6.07 Å². The summed E-state index contributed by atoms with van der Waals surface area (Å²) in [6, 6.07) is 11.2. The van der Waals surface area contributed by atoms with E-state index in [-0.39, 0.29) is 5.75 Å². The average molecular weight is 415 g/mol. The lowest BCUT2D eigenvalue weighted by atomic mass is 9.77. The smallest absolute Gasteiger partial charge is 0.201 e. The van der Waals surface area contributed by atoms with Gasteiger partial charge in [-0.2, -0.15) is 4.39 Å². The van der Waals surface area contributed by atoms with Gasteiger partial charge in [0.2, 0.25) is 5.82 Å². The molecule has 1 nitrogen and oxygen atoms in total. The molecule has 0 bridgehead atoms. The minimum absolute atomic E-state index is 0.0128. The van der Waals surface area contributed by atoms with Gasteiger partial charge in [0, 0.05) is 5.56 Å². The summed E-state index contributed by atoms with van der Waals surface area (Å²) < 4.78 is 34.2. The van der Waals surface area contributed by atoms with E-state index >= 15 is 0 Å². The molecule has 30 heavy (non-hydrogen) atoms. The zero-order valence-corrected chi connectivity index (χ0v) is 18.6. The normalized spacial score (nSPS) is 19.1. The number of hydrogen-bond acceptors (Lipinski definition) is 1. The largest absolute Gasteiger partial charge is 0.490 e. The van der Waals surface area contributed by atoms with Crippen molar-refractivity contribution in [1.29, 1.82) is 0 Å². The molecule has 1 fully saturated rings. The summed E-state index contributed by atoms with van der Waals surface area (Å²) in [5.74, 6) is -0.261. The van der Waals surface area contributed by atoms with Gasteiger partial charge >= 0.3 is 0 Å². The number of rotatable bonds is 10. The van der Waals surface area contributed by atoms with Crippen molar-refractivity contribution in [3.05, 3.63) is 53.6 Å². The van der Waals surface area contributed by atoms with Gasteiger partial charge in [-0.05, 0) is 67.2 Å². The van der Waals surface area contributed by atoms with Crippen molar-refractivity contribution in [3.63, 3.8) is 0 Å². The molecule has 1 aliphatic carbocycles. The highest BCUT2D eigenvalue weighted by atomic mass is 19.2. The molecule has 0 aromatic heterocycles. The van der Waals surface area contributed by atoms with Crippen LogP contribution in [0.4, 0.5) is 8.78 Å². The SMILES string of the molecule is CCCCCCC1CCC(c2ccc(-c3ccc(OCCC)c(F)c3F)cc2)CC1. The second kappa shape index (κ2) is 11.5. The maximum absolute atomic E-state index is 14.6. The van der Waals surface area contributed by atoms with Gasteiger partial charge in [0.1, 0.15) is 0 Å². The lowest BCUT2D eigenvalue weighted by Gasteiger charge is -2.29. The van der Waals surface area contributed by atoms with E-state index in [1.807, 2.05) is 19.1 Å². The van der Waals surface area contributed by atoms with Gasteiger partial charge in [-0.3, -0.25) is 0 Å². The summed E-state index contributed by atoms with van der Waals surface area (Å²) in [5.41, 5.74) is 2.33. The highest BCUT2D eigenvalue weighted by Gasteiger charge is 2.22. The predicted molar refractivity (Wildman–Crippen MR) is 121 cm³/mol. The van der Waals surface area contributed by atoms with Crippen LogP contribution in [0.1, 0.15) is 89.5 Å². The van der Waals surface area contributed by atoms with E-state index in [4.69, 9.17) is 4.74 Å². The summed E-state index contributed by atoms with van der Waals surface area (Å²) in [6.07, 6.45) is 12.7. The summed E-state index contributed by atoms with van der Waals surface area (Å²) in [6.45, 7) is 4.58. The molecule has 1 saturated carbocycles. The van der Waals surface area contributed by atoms with E-state index in [0.717, 1.165) is 12.3 Å². The van der Waals surface area contributed by atoms with Crippen LogP contribution < -0.4 is 4.74 Å². The molecule has 0 N–H and O–H groups in total. The monoisotopic (exact) mass is 414 g/mol. The first-order valence-corrected chi connectivity index (χ1v) is 11.8. The van der Waals surface area contributed by atoms with E-state index < -0.39 is 11.6 Å². The average Bonchev–Trinajstić information content (AvgIpc) is 2.78. The highest BCUT2D eigenvalue weighted by Crippen LogP contribution is 2.38. The Labute approximate surface area is 180 Å². The number of unbranched alkanes of at least 4 members (excludes halogenated alkanes) is 3. The summed E-state index contributed by atoms with van der Waals surface area (Å²) in [5, 5.41) is 0. The van der Waals surface area contributed by atoms with Crippen LogP contribution in [0.25, 0.3) is 11.1 Å². The topological polar surface area (TPSA) is 9.23 Å². The molecule has 0 spiro atoms. The van der Waals surface area contributed by atoms with Gasteiger partial charge in [0.25, 0.3) is 0 Å². The van der Waals surface area contributed by atoms with Crippen molar-refractivity contribution in [2.45, 2.75) is 84.0 Å². The van der Waals surface area contributed by atoms with Gasteiger partial charge < -0.3 is 4.74 Å². The highest BCUT2D eigenvalue weighted by molar-refractivity contribution is 5.65. The van der Waals surface area contributed by atoms with Gasteiger partial charge in [-0.15, -0.1) is 0 Å². The van der Waals surface area contributed by atoms with Gasteiger partial charge in [0.15, 0.2) is 11.6 Å². The molecule has 2 aromatic carbocycles. The first kappa shape index (κ1) is 22.8. The number of hydrogen-bond donors (Lipinski definition) is 0. The maximum atomic E-state index is 14.6. The fourth-order valence-corrected chi connectivity index (χ4v) is 4.66. The Kier molecular flexibility index (Phi) is 8.72. The van der Waals surface area contributed by atoms with Crippen molar-refractivity contribution in [2.75, 3.05) is 6.61 Å². The molecule has 1 aliphatic rings. The Bertz CT molecular complexity index is 776. The zero-order valence-electron chi connectivity index (χ0n) is 18.6. The van der Waals surface area contributed by atoms with E-state index in [2.05, 4.69) is 19.1 Å². The van der Waals surface area contributed by atoms with Crippen LogP contribution in [-0.2, 0) is 0 Å². The van der Waals surface area contributed by atoms with Gasteiger partial charge in [0.05, 0.1) is 6.61 Å². The molecule has 0 saturated heterocycles. The van der Waals surface area contributed by atoms with E-state index in [0.29, 0.717) is 23.7 Å². The molecular formula is C27H36F2O. The van der Waals surface area contributed by atoms with Crippen molar-refractivity contribution in [2.24, 2.45) is 5.92 Å². The minimum Gasteiger partial charge on any atom is -0.490 e. The molecule has 0 unspecified atom stereocenters. The lowest BCUT2D eigenvalue weighted by molar-refractivity contribution is 0.295. The van der Waals surface area contributed by atoms with E-state index in [1.165, 1.54) is 69.4 Å². The number of benzene rings is 2.